The zero-order chi connectivity index (χ0) is 13.1. The van der Waals surface area contributed by atoms with Gasteiger partial charge in [0.1, 0.15) is 10.7 Å². The summed E-state index contributed by atoms with van der Waals surface area (Å²) in [5, 5.41) is 5.28. The van der Waals surface area contributed by atoms with Gasteiger partial charge in [-0.1, -0.05) is 15.9 Å². The first kappa shape index (κ1) is 13.2. The van der Waals surface area contributed by atoms with Crippen LogP contribution in [0.1, 0.15) is 21.1 Å². The fourth-order valence-electron chi connectivity index (χ4n) is 1.51. The summed E-state index contributed by atoms with van der Waals surface area (Å²) in [5.74, 6) is -0.219. The normalized spacial score (nSPS) is 10.4. The van der Waals surface area contributed by atoms with Crippen molar-refractivity contribution < 1.29 is 4.79 Å². The highest BCUT2D eigenvalue weighted by Crippen LogP contribution is 2.20. The Morgan fingerprint density at radius 3 is 2.89 bits per heavy atom. The summed E-state index contributed by atoms with van der Waals surface area (Å²) in [4.78, 5) is 16.1. The van der Waals surface area contributed by atoms with E-state index in [1.165, 1.54) is 11.3 Å². The lowest BCUT2D eigenvalue weighted by Crippen LogP contribution is -2.12. The highest BCUT2D eigenvalue weighted by Gasteiger charge is 2.10. The third-order valence-corrected chi connectivity index (χ3v) is 3.59. The van der Waals surface area contributed by atoms with Gasteiger partial charge in [0.05, 0.1) is 0 Å². The number of anilines is 1. The van der Waals surface area contributed by atoms with Gasteiger partial charge in [-0.2, -0.15) is 0 Å². The number of hydrogen-bond donors (Lipinski definition) is 2. The van der Waals surface area contributed by atoms with Crippen molar-refractivity contribution in [3.8, 4) is 0 Å². The maximum Gasteiger partial charge on any atom is 0.275 e. The van der Waals surface area contributed by atoms with Gasteiger partial charge in [-0.25, -0.2) is 4.98 Å². The molecule has 0 aliphatic heterocycles. The Bertz CT molecular complexity index is 562. The van der Waals surface area contributed by atoms with Crippen molar-refractivity contribution in [1.29, 1.82) is 0 Å². The van der Waals surface area contributed by atoms with E-state index in [0.717, 1.165) is 20.7 Å². The third-order valence-electron chi connectivity index (χ3n) is 2.26. The summed E-state index contributed by atoms with van der Waals surface area (Å²) in [6.45, 7) is 2.32. The Morgan fingerprint density at radius 2 is 2.28 bits per heavy atom. The van der Waals surface area contributed by atoms with Crippen LogP contribution in [-0.4, -0.2) is 10.9 Å². The van der Waals surface area contributed by atoms with E-state index in [0.29, 0.717) is 12.2 Å². The van der Waals surface area contributed by atoms with Crippen molar-refractivity contribution in [2.75, 3.05) is 5.32 Å². The second-order valence-corrected chi connectivity index (χ2v) is 5.66. The van der Waals surface area contributed by atoms with E-state index in [1.807, 2.05) is 25.1 Å². The van der Waals surface area contributed by atoms with Crippen molar-refractivity contribution in [3.05, 3.63) is 44.3 Å². The molecule has 2 aromatic rings. The van der Waals surface area contributed by atoms with E-state index in [-0.39, 0.29) is 5.91 Å². The lowest BCUT2D eigenvalue weighted by atomic mass is 10.2. The van der Waals surface area contributed by atoms with Crippen LogP contribution in [0.15, 0.2) is 28.1 Å². The first-order valence-electron chi connectivity index (χ1n) is 5.31. The number of nitrogens with zero attached hydrogens (tertiary/aromatic N) is 1. The molecular formula is C12H12BrN3OS. The lowest BCUT2D eigenvalue weighted by Gasteiger charge is -2.05. The number of rotatable bonds is 3. The maximum absolute atomic E-state index is 11.9. The minimum absolute atomic E-state index is 0.219. The van der Waals surface area contributed by atoms with Gasteiger partial charge < -0.3 is 11.1 Å². The van der Waals surface area contributed by atoms with Crippen LogP contribution in [0.4, 0.5) is 5.69 Å². The molecule has 3 N–H and O–H groups in total. The molecule has 1 aromatic carbocycles. The number of aromatic nitrogens is 1. The Labute approximate surface area is 117 Å². The molecular weight excluding hydrogens is 314 g/mol. The van der Waals surface area contributed by atoms with Crippen LogP contribution in [-0.2, 0) is 6.54 Å². The number of thiazole rings is 1. The van der Waals surface area contributed by atoms with Crippen LogP contribution in [0.2, 0.25) is 0 Å². The fraction of sp³-hybridized carbons (Fsp3) is 0.167. The number of carbonyl (C=O) groups is 1. The standard InChI is InChI=1S/C12H12BrN3OS/c1-7-2-8(13)4-9(3-7)15-12(17)10-6-18-11(5-14)16-10/h2-4,6H,5,14H2,1H3,(H,15,17). The molecule has 18 heavy (non-hydrogen) atoms. The Balaban J connectivity index is 2.15. The summed E-state index contributed by atoms with van der Waals surface area (Å²) in [6, 6.07) is 5.73. The average molecular weight is 326 g/mol. The number of hydrogen-bond acceptors (Lipinski definition) is 4. The zero-order valence-electron chi connectivity index (χ0n) is 9.74. The number of carbonyl (C=O) groups excluding carboxylic acids is 1. The highest BCUT2D eigenvalue weighted by molar-refractivity contribution is 9.10. The highest BCUT2D eigenvalue weighted by atomic mass is 79.9. The number of nitrogens with two attached hydrogens (primary N) is 1. The largest absolute Gasteiger partial charge is 0.325 e. The topological polar surface area (TPSA) is 68.0 Å². The summed E-state index contributed by atoms with van der Waals surface area (Å²) in [5.41, 5.74) is 7.68. The number of aryl methyl sites for hydroxylation is 1. The third kappa shape index (κ3) is 3.16. The average Bonchev–Trinajstić information content (AvgIpc) is 2.75. The van der Waals surface area contributed by atoms with E-state index in [2.05, 4.69) is 26.2 Å². The predicted octanol–water partition coefficient (Wildman–Crippen LogP) is 2.93. The molecule has 0 spiro atoms. The molecule has 1 heterocycles. The smallest absolute Gasteiger partial charge is 0.275 e. The second-order valence-electron chi connectivity index (χ2n) is 3.80. The molecule has 4 nitrogen and oxygen atoms in total. The molecule has 1 aromatic heterocycles. The Morgan fingerprint density at radius 1 is 1.50 bits per heavy atom. The minimum Gasteiger partial charge on any atom is -0.325 e. The van der Waals surface area contributed by atoms with Crippen LogP contribution in [0.25, 0.3) is 0 Å². The van der Waals surface area contributed by atoms with Crippen molar-refractivity contribution in [1.82, 2.24) is 4.98 Å². The fourth-order valence-corrected chi connectivity index (χ4v) is 2.77. The van der Waals surface area contributed by atoms with Gasteiger partial charge >= 0.3 is 0 Å². The first-order valence-corrected chi connectivity index (χ1v) is 6.99. The van der Waals surface area contributed by atoms with E-state index < -0.39 is 0 Å². The molecule has 1 amide bonds. The molecule has 0 bridgehead atoms. The molecule has 94 valence electrons. The molecule has 0 aliphatic rings. The molecule has 0 fully saturated rings. The van der Waals surface area contributed by atoms with Crippen LogP contribution in [0.3, 0.4) is 0 Å². The monoisotopic (exact) mass is 325 g/mol. The van der Waals surface area contributed by atoms with Crippen molar-refractivity contribution in [2.24, 2.45) is 5.73 Å². The van der Waals surface area contributed by atoms with Gasteiger partial charge in [0, 0.05) is 22.1 Å². The summed E-state index contributed by atoms with van der Waals surface area (Å²) in [6.07, 6.45) is 0. The molecule has 0 radical (unpaired) electrons. The van der Waals surface area contributed by atoms with Gasteiger partial charge in [0.2, 0.25) is 0 Å². The molecule has 0 unspecified atom stereocenters. The van der Waals surface area contributed by atoms with Gasteiger partial charge in [-0.3, -0.25) is 4.79 Å². The summed E-state index contributed by atoms with van der Waals surface area (Å²) >= 11 is 4.78. The zero-order valence-corrected chi connectivity index (χ0v) is 12.1. The second kappa shape index (κ2) is 5.60. The van der Waals surface area contributed by atoms with Gasteiger partial charge in [-0.05, 0) is 30.7 Å². The Kier molecular flexibility index (Phi) is 4.11. The van der Waals surface area contributed by atoms with Crippen LogP contribution in [0.5, 0.6) is 0 Å². The van der Waals surface area contributed by atoms with Crippen molar-refractivity contribution in [3.63, 3.8) is 0 Å². The van der Waals surface area contributed by atoms with Crippen molar-refractivity contribution in [2.45, 2.75) is 13.5 Å². The van der Waals surface area contributed by atoms with Gasteiger partial charge in [-0.15, -0.1) is 11.3 Å². The molecule has 0 saturated heterocycles. The van der Waals surface area contributed by atoms with E-state index in [4.69, 9.17) is 5.73 Å². The van der Waals surface area contributed by atoms with Crippen LogP contribution >= 0.6 is 27.3 Å². The van der Waals surface area contributed by atoms with Crippen molar-refractivity contribution >= 4 is 38.9 Å². The maximum atomic E-state index is 11.9. The minimum atomic E-state index is -0.219. The number of nitrogens with one attached hydrogen (secondary N) is 1. The molecule has 2 rings (SSSR count). The predicted molar refractivity (Wildman–Crippen MR) is 76.8 cm³/mol. The van der Waals surface area contributed by atoms with Crippen LogP contribution in [0, 0.1) is 6.92 Å². The summed E-state index contributed by atoms with van der Waals surface area (Å²) in [7, 11) is 0. The van der Waals surface area contributed by atoms with Gasteiger partial charge in [0.25, 0.3) is 5.91 Å². The molecule has 0 aliphatic carbocycles. The molecule has 0 atom stereocenters. The van der Waals surface area contributed by atoms with E-state index in [1.54, 1.807) is 5.38 Å². The first-order chi connectivity index (χ1) is 8.58. The van der Waals surface area contributed by atoms with E-state index in [9.17, 15) is 4.79 Å². The Hall–Kier alpha value is -1.24. The number of benzene rings is 1. The number of amides is 1. The van der Waals surface area contributed by atoms with Gasteiger partial charge in [0.15, 0.2) is 0 Å². The molecule has 6 heteroatoms. The lowest BCUT2D eigenvalue weighted by molar-refractivity contribution is 0.102. The van der Waals surface area contributed by atoms with Crippen LogP contribution < -0.4 is 11.1 Å². The van der Waals surface area contributed by atoms with E-state index >= 15 is 0 Å². The summed E-state index contributed by atoms with van der Waals surface area (Å²) < 4.78 is 0.929. The quantitative estimate of drug-likeness (QED) is 0.911. The molecule has 0 saturated carbocycles. The SMILES string of the molecule is Cc1cc(Br)cc(NC(=O)c2csc(CN)n2)c1. The number of halogens is 1.